The van der Waals surface area contributed by atoms with E-state index in [2.05, 4.69) is 30.8 Å². The zero-order valence-corrected chi connectivity index (χ0v) is 14.7. The van der Waals surface area contributed by atoms with E-state index < -0.39 is 10.0 Å². The Balaban J connectivity index is 0.00000400. The normalized spacial score (nSPS) is 12.7. The van der Waals surface area contributed by atoms with Crippen LogP contribution in [0.5, 0.6) is 0 Å². The first-order chi connectivity index (χ1) is 9.51. The highest BCUT2D eigenvalue weighted by atomic mass is 35.5. The molecule has 0 saturated carbocycles. The van der Waals surface area contributed by atoms with E-state index in [-0.39, 0.29) is 12.4 Å². The lowest BCUT2D eigenvalue weighted by Gasteiger charge is -2.11. The molecule has 1 aromatic rings. The number of nitrogens with one attached hydrogen (secondary N) is 2. The van der Waals surface area contributed by atoms with Crippen molar-refractivity contribution in [2.75, 3.05) is 19.6 Å². The van der Waals surface area contributed by atoms with Gasteiger partial charge in [0.25, 0.3) is 0 Å². The predicted molar refractivity (Wildman–Crippen MR) is 90.7 cm³/mol. The molecule has 0 spiro atoms. The molecule has 122 valence electrons. The zero-order valence-electron chi connectivity index (χ0n) is 13.1. The number of benzene rings is 1. The summed E-state index contributed by atoms with van der Waals surface area (Å²) < 4.78 is 26.8. The highest BCUT2D eigenvalue weighted by molar-refractivity contribution is 7.89. The van der Waals surface area contributed by atoms with Crippen LogP contribution in [0.25, 0.3) is 0 Å². The van der Waals surface area contributed by atoms with Crippen LogP contribution in [-0.2, 0) is 10.0 Å². The molecule has 21 heavy (non-hydrogen) atoms. The van der Waals surface area contributed by atoms with Crippen LogP contribution >= 0.6 is 12.4 Å². The molecule has 0 fully saturated rings. The van der Waals surface area contributed by atoms with E-state index >= 15 is 0 Å². The van der Waals surface area contributed by atoms with E-state index in [0.29, 0.717) is 23.9 Å². The van der Waals surface area contributed by atoms with Crippen molar-refractivity contribution in [3.05, 3.63) is 29.8 Å². The minimum Gasteiger partial charge on any atom is -0.315 e. The van der Waals surface area contributed by atoms with Crippen LogP contribution in [0, 0.1) is 0 Å². The summed E-state index contributed by atoms with van der Waals surface area (Å²) in [6.45, 7) is 8.32. The highest BCUT2D eigenvalue weighted by Crippen LogP contribution is 2.20. The van der Waals surface area contributed by atoms with Gasteiger partial charge in [0.1, 0.15) is 0 Å². The van der Waals surface area contributed by atoms with E-state index in [4.69, 9.17) is 0 Å². The minimum absolute atomic E-state index is 0. The first kappa shape index (κ1) is 20.4. The number of rotatable bonds is 9. The van der Waals surface area contributed by atoms with Gasteiger partial charge in [-0.3, -0.25) is 0 Å². The number of hydrogen-bond donors (Lipinski definition) is 2. The standard InChI is InChI=1S/C15H26N2O2S.ClH/c1-4-10-16-11-12-17-20(18,19)15-8-6-14(7-9-15)13(3)5-2;/h6-9,13,16-17H,4-5,10-12H2,1-3H3;1H. The van der Waals surface area contributed by atoms with Crippen LogP contribution in [0.15, 0.2) is 29.2 Å². The third kappa shape index (κ3) is 6.78. The Kier molecular flexibility index (Phi) is 9.86. The molecule has 0 aromatic heterocycles. The average molecular weight is 335 g/mol. The van der Waals surface area contributed by atoms with E-state index in [0.717, 1.165) is 19.4 Å². The maximum Gasteiger partial charge on any atom is 0.240 e. The molecule has 0 heterocycles. The first-order valence-corrected chi connectivity index (χ1v) is 8.80. The van der Waals surface area contributed by atoms with Crippen molar-refractivity contribution < 1.29 is 8.42 Å². The second-order valence-corrected chi connectivity index (χ2v) is 6.79. The van der Waals surface area contributed by atoms with E-state index in [1.165, 1.54) is 5.56 Å². The molecular formula is C15H27ClN2O2S. The van der Waals surface area contributed by atoms with E-state index in [1.54, 1.807) is 12.1 Å². The van der Waals surface area contributed by atoms with Crippen molar-refractivity contribution in [1.29, 1.82) is 0 Å². The fourth-order valence-corrected chi connectivity index (χ4v) is 2.90. The fourth-order valence-electron chi connectivity index (χ4n) is 1.87. The van der Waals surface area contributed by atoms with Gasteiger partial charge in [0.05, 0.1) is 4.90 Å². The van der Waals surface area contributed by atoms with Crippen LogP contribution in [-0.4, -0.2) is 28.1 Å². The Bertz CT molecular complexity index is 489. The zero-order chi connectivity index (χ0) is 15.0. The summed E-state index contributed by atoms with van der Waals surface area (Å²) in [4.78, 5) is 0.333. The van der Waals surface area contributed by atoms with Crippen LogP contribution in [0.2, 0.25) is 0 Å². The van der Waals surface area contributed by atoms with Gasteiger partial charge >= 0.3 is 0 Å². The summed E-state index contributed by atoms with van der Waals surface area (Å²) in [5.41, 5.74) is 1.18. The van der Waals surface area contributed by atoms with Crippen molar-refractivity contribution in [2.45, 2.75) is 44.4 Å². The van der Waals surface area contributed by atoms with Gasteiger partial charge in [0, 0.05) is 13.1 Å². The fraction of sp³-hybridized carbons (Fsp3) is 0.600. The molecule has 1 unspecified atom stereocenters. The maximum absolute atomic E-state index is 12.1. The van der Waals surface area contributed by atoms with Gasteiger partial charge in [-0.25, -0.2) is 13.1 Å². The smallest absolute Gasteiger partial charge is 0.240 e. The summed E-state index contributed by atoms with van der Waals surface area (Å²) >= 11 is 0. The van der Waals surface area contributed by atoms with Crippen LogP contribution < -0.4 is 10.0 Å². The minimum atomic E-state index is -3.39. The Morgan fingerprint density at radius 2 is 1.67 bits per heavy atom. The Labute approximate surface area is 135 Å². The Morgan fingerprint density at radius 1 is 1.05 bits per heavy atom. The summed E-state index contributed by atoms with van der Waals surface area (Å²) in [7, 11) is -3.39. The SMILES string of the molecule is CCCNCCNS(=O)(=O)c1ccc(C(C)CC)cc1.Cl. The van der Waals surface area contributed by atoms with Gasteiger partial charge < -0.3 is 5.32 Å². The third-order valence-corrected chi connectivity index (χ3v) is 4.87. The summed E-state index contributed by atoms with van der Waals surface area (Å²) in [5, 5.41) is 3.16. The largest absolute Gasteiger partial charge is 0.315 e. The molecule has 0 aliphatic carbocycles. The lowest BCUT2D eigenvalue weighted by atomic mass is 9.99. The van der Waals surface area contributed by atoms with Crippen LogP contribution in [0.3, 0.4) is 0 Å². The average Bonchev–Trinajstić information content (AvgIpc) is 2.46. The molecule has 1 aromatic carbocycles. The van der Waals surface area contributed by atoms with Crippen molar-refractivity contribution in [3.63, 3.8) is 0 Å². The molecule has 0 bridgehead atoms. The molecule has 1 rings (SSSR count). The lowest BCUT2D eigenvalue weighted by Crippen LogP contribution is -2.32. The molecule has 0 aliphatic rings. The van der Waals surface area contributed by atoms with Gasteiger partial charge in [-0.2, -0.15) is 0 Å². The van der Waals surface area contributed by atoms with Crippen molar-refractivity contribution in [3.8, 4) is 0 Å². The lowest BCUT2D eigenvalue weighted by molar-refractivity contribution is 0.575. The van der Waals surface area contributed by atoms with Gasteiger partial charge in [0.2, 0.25) is 10.0 Å². The van der Waals surface area contributed by atoms with Crippen molar-refractivity contribution >= 4 is 22.4 Å². The molecule has 1 atom stereocenters. The molecule has 0 aliphatic heterocycles. The molecular weight excluding hydrogens is 308 g/mol. The number of hydrogen-bond acceptors (Lipinski definition) is 3. The first-order valence-electron chi connectivity index (χ1n) is 7.31. The second kappa shape index (κ2) is 10.2. The van der Waals surface area contributed by atoms with E-state index in [9.17, 15) is 8.42 Å². The third-order valence-electron chi connectivity index (χ3n) is 3.39. The predicted octanol–water partition coefficient (Wildman–Crippen LogP) is 2.90. The molecule has 0 amide bonds. The molecule has 2 N–H and O–H groups in total. The molecule has 0 radical (unpaired) electrons. The second-order valence-electron chi connectivity index (χ2n) is 5.03. The molecule has 4 nitrogen and oxygen atoms in total. The topological polar surface area (TPSA) is 58.2 Å². The summed E-state index contributed by atoms with van der Waals surface area (Å²) in [6.07, 6.45) is 2.09. The highest BCUT2D eigenvalue weighted by Gasteiger charge is 2.13. The maximum atomic E-state index is 12.1. The van der Waals surface area contributed by atoms with Crippen molar-refractivity contribution in [2.24, 2.45) is 0 Å². The molecule has 6 heteroatoms. The number of halogens is 1. The number of sulfonamides is 1. The van der Waals surface area contributed by atoms with E-state index in [1.807, 2.05) is 12.1 Å². The van der Waals surface area contributed by atoms with Crippen LogP contribution in [0.4, 0.5) is 0 Å². The quantitative estimate of drug-likeness (QED) is 0.683. The van der Waals surface area contributed by atoms with Gasteiger partial charge in [0.15, 0.2) is 0 Å². The monoisotopic (exact) mass is 334 g/mol. The summed E-state index contributed by atoms with van der Waals surface area (Å²) in [5.74, 6) is 0.456. The Hall–Kier alpha value is -0.620. The van der Waals surface area contributed by atoms with Crippen molar-refractivity contribution in [1.82, 2.24) is 10.0 Å². The van der Waals surface area contributed by atoms with Gasteiger partial charge in [-0.05, 0) is 43.0 Å². The molecule has 0 saturated heterocycles. The van der Waals surface area contributed by atoms with Gasteiger partial charge in [-0.1, -0.05) is 32.9 Å². The van der Waals surface area contributed by atoms with Crippen LogP contribution in [0.1, 0.15) is 45.1 Å². The van der Waals surface area contributed by atoms with Gasteiger partial charge in [-0.15, -0.1) is 12.4 Å². The Morgan fingerprint density at radius 3 is 2.19 bits per heavy atom. The summed E-state index contributed by atoms with van der Waals surface area (Å²) in [6, 6.07) is 7.17.